The van der Waals surface area contributed by atoms with Crippen LogP contribution in [0.3, 0.4) is 0 Å². The summed E-state index contributed by atoms with van der Waals surface area (Å²) in [6.07, 6.45) is 3.03. The lowest BCUT2D eigenvalue weighted by atomic mass is 10.1. The van der Waals surface area contributed by atoms with Crippen molar-refractivity contribution in [3.8, 4) is 0 Å². The predicted octanol–water partition coefficient (Wildman–Crippen LogP) is 2.68. The van der Waals surface area contributed by atoms with Crippen LogP contribution in [0.15, 0.2) is 47.4 Å². The maximum Gasteiger partial charge on any atom is 0.261 e. The number of benzene rings is 2. The second-order valence-corrected chi connectivity index (χ2v) is 7.85. The number of carbonyl (C=O) groups is 1. The average Bonchev–Trinajstić information content (AvgIpc) is 3.02. The Bertz CT molecular complexity index is 872. The zero-order valence-electron chi connectivity index (χ0n) is 13.7. The second kappa shape index (κ2) is 6.28. The molecule has 0 spiro atoms. The summed E-state index contributed by atoms with van der Waals surface area (Å²) in [5, 5.41) is 0. The predicted molar refractivity (Wildman–Crippen MR) is 93.7 cm³/mol. The highest BCUT2D eigenvalue weighted by molar-refractivity contribution is 7.92. The molecule has 2 aromatic carbocycles. The molecule has 0 bridgehead atoms. The first-order valence-electron chi connectivity index (χ1n) is 7.83. The Kier molecular flexibility index (Phi) is 4.32. The lowest BCUT2D eigenvalue weighted by molar-refractivity contribution is 0.0827. The van der Waals surface area contributed by atoms with Crippen molar-refractivity contribution in [2.45, 2.75) is 24.2 Å². The van der Waals surface area contributed by atoms with Crippen LogP contribution in [0.4, 0.5) is 5.69 Å². The van der Waals surface area contributed by atoms with E-state index < -0.39 is 10.0 Å². The fourth-order valence-corrected chi connectivity index (χ4v) is 3.98. The van der Waals surface area contributed by atoms with Crippen molar-refractivity contribution < 1.29 is 13.2 Å². The van der Waals surface area contributed by atoms with E-state index in [0.29, 0.717) is 11.3 Å². The maximum absolute atomic E-state index is 12.5. The molecule has 0 fully saturated rings. The van der Waals surface area contributed by atoms with Gasteiger partial charge in [-0.25, -0.2) is 8.42 Å². The van der Waals surface area contributed by atoms with Gasteiger partial charge in [0.1, 0.15) is 0 Å². The van der Waals surface area contributed by atoms with E-state index >= 15 is 0 Å². The zero-order chi connectivity index (χ0) is 17.3. The molecule has 0 unspecified atom stereocenters. The molecular weight excluding hydrogens is 324 g/mol. The summed E-state index contributed by atoms with van der Waals surface area (Å²) in [5.74, 6) is -0.122. The summed E-state index contributed by atoms with van der Waals surface area (Å²) < 4.78 is 27.7. The van der Waals surface area contributed by atoms with Crippen molar-refractivity contribution in [1.29, 1.82) is 0 Å². The van der Waals surface area contributed by atoms with Gasteiger partial charge in [-0.05, 0) is 66.8 Å². The molecule has 1 aliphatic carbocycles. The SMILES string of the molecule is CN(C)C(=O)c1ccc(NS(=O)(=O)c2ccc3c(c2)CCC3)cc1. The van der Waals surface area contributed by atoms with Crippen molar-refractivity contribution in [1.82, 2.24) is 4.90 Å². The molecule has 0 heterocycles. The number of nitrogens with one attached hydrogen (secondary N) is 1. The Morgan fingerprint density at radius 3 is 2.33 bits per heavy atom. The minimum absolute atomic E-state index is 0.122. The molecule has 0 saturated carbocycles. The molecular formula is C18H20N2O3S. The smallest absolute Gasteiger partial charge is 0.261 e. The van der Waals surface area contributed by atoms with Gasteiger partial charge >= 0.3 is 0 Å². The number of hydrogen-bond donors (Lipinski definition) is 1. The van der Waals surface area contributed by atoms with E-state index in [2.05, 4.69) is 4.72 Å². The number of nitrogens with zero attached hydrogens (tertiary/aromatic N) is 1. The van der Waals surface area contributed by atoms with Gasteiger partial charge in [-0.15, -0.1) is 0 Å². The minimum Gasteiger partial charge on any atom is -0.345 e. The van der Waals surface area contributed by atoms with Gasteiger partial charge < -0.3 is 4.90 Å². The number of fused-ring (bicyclic) bond motifs is 1. The number of amides is 1. The summed E-state index contributed by atoms with van der Waals surface area (Å²) in [6.45, 7) is 0. The van der Waals surface area contributed by atoms with Crippen LogP contribution in [0.2, 0.25) is 0 Å². The van der Waals surface area contributed by atoms with Gasteiger partial charge in [0.05, 0.1) is 4.90 Å². The van der Waals surface area contributed by atoms with Crippen molar-refractivity contribution in [3.63, 3.8) is 0 Å². The van der Waals surface area contributed by atoms with Crippen LogP contribution in [0.1, 0.15) is 27.9 Å². The first-order valence-corrected chi connectivity index (χ1v) is 9.31. The van der Waals surface area contributed by atoms with Gasteiger partial charge in [-0.1, -0.05) is 6.07 Å². The van der Waals surface area contributed by atoms with E-state index in [1.807, 2.05) is 6.07 Å². The third-order valence-electron chi connectivity index (χ3n) is 4.17. The van der Waals surface area contributed by atoms with Gasteiger partial charge in [0.2, 0.25) is 0 Å². The minimum atomic E-state index is -3.63. The van der Waals surface area contributed by atoms with Crippen LogP contribution in [0, 0.1) is 0 Å². The van der Waals surface area contributed by atoms with Gasteiger partial charge in [-0.3, -0.25) is 9.52 Å². The first kappa shape index (κ1) is 16.5. The summed E-state index contributed by atoms with van der Waals surface area (Å²) in [7, 11) is -0.283. The molecule has 1 amide bonds. The molecule has 3 rings (SSSR count). The Morgan fingerprint density at radius 2 is 1.67 bits per heavy atom. The first-order chi connectivity index (χ1) is 11.4. The Balaban J connectivity index is 1.81. The summed E-state index contributed by atoms with van der Waals surface area (Å²) in [4.78, 5) is 13.6. The second-order valence-electron chi connectivity index (χ2n) is 6.17. The van der Waals surface area contributed by atoms with E-state index in [-0.39, 0.29) is 10.8 Å². The Hall–Kier alpha value is -2.34. The molecule has 0 aromatic heterocycles. The molecule has 0 saturated heterocycles. The van der Waals surface area contributed by atoms with Crippen LogP contribution < -0.4 is 4.72 Å². The Morgan fingerprint density at radius 1 is 1.00 bits per heavy atom. The molecule has 6 heteroatoms. The fourth-order valence-electron chi connectivity index (χ4n) is 2.87. The standard InChI is InChI=1S/C18H20N2O3S/c1-20(2)18(21)14-6-9-16(10-7-14)19-24(22,23)17-11-8-13-4-3-5-15(13)12-17/h6-12,19H,3-5H2,1-2H3. The van der Waals surface area contributed by atoms with Crippen LogP contribution >= 0.6 is 0 Å². The zero-order valence-corrected chi connectivity index (χ0v) is 14.6. The largest absolute Gasteiger partial charge is 0.345 e. The number of aryl methyl sites for hydroxylation is 2. The van der Waals surface area contributed by atoms with Gasteiger partial charge in [0.25, 0.3) is 15.9 Å². The molecule has 5 nitrogen and oxygen atoms in total. The van der Waals surface area contributed by atoms with Crippen LogP contribution in [0.25, 0.3) is 0 Å². The molecule has 0 radical (unpaired) electrons. The number of rotatable bonds is 4. The number of sulfonamides is 1. The molecule has 24 heavy (non-hydrogen) atoms. The van der Waals surface area contributed by atoms with E-state index in [4.69, 9.17) is 0 Å². The highest BCUT2D eigenvalue weighted by Crippen LogP contribution is 2.26. The molecule has 0 atom stereocenters. The van der Waals surface area contributed by atoms with Crippen molar-refractivity contribution in [3.05, 3.63) is 59.2 Å². The topological polar surface area (TPSA) is 66.5 Å². The number of hydrogen-bond acceptors (Lipinski definition) is 3. The quantitative estimate of drug-likeness (QED) is 0.927. The highest BCUT2D eigenvalue weighted by Gasteiger charge is 2.18. The average molecular weight is 344 g/mol. The van der Waals surface area contributed by atoms with Crippen molar-refractivity contribution in [2.75, 3.05) is 18.8 Å². The molecule has 2 aromatic rings. The van der Waals surface area contributed by atoms with E-state index in [9.17, 15) is 13.2 Å². The van der Waals surface area contributed by atoms with Crippen LogP contribution in [-0.4, -0.2) is 33.3 Å². The van der Waals surface area contributed by atoms with E-state index in [0.717, 1.165) is 24.8 Å². The molecule has 1 N–H and O–H groups in total. The van der Waals surface area contributed by atoms with Gasteiger partial charge in [-0.2, -0.15) is 0 Å². The lowest BCUT2D eigenvalue weighted by Crippen LogP contribution is -2.21. The normalized spacial score (nSPS) is 13.4. The monoisotopic (exact) mass is 344 g/mol. The van der Waals surface area contributed by atoms with Gasteiger partial charge in [0, 0.05) is 25.3 Å². The molecule has 0 aliphatic heterocycles. The third kappa shape index (κ3) is 3.28. The third-order valence-corrected chi connectivity index (χ3v) is 5.55. The fraction of sp³-hybridized carbons (Fsp3) is 0.278. The van der Waals surface area contributed by atoms with E-state index in [1.165, 1.54) is 10.5 Å². The molecule has 1 aliphatic rings. The van der Waals surface area contributed by atoms with E-state index in [1.54, 1.807) is 50.5 Å². The van der Waals surface area contributed by atoms with Crippen molar-refractivity contribution in [2.24, 2.45) is 0 Å². The highest BCUT2D eigenvalue weighted by atomic mass is 32.2. The van der Waals surface area contributed by atoms with Crippen LogP contribution in [-0.2, 0) is 22.9 Å². The van der Waals surface area contributed by atoms with Crippen LogP contribution in [0.5, 0.6) is 0 Å². The Labute approximate surface area is 142 Å². The summed E-state index contributed by atoms with van der Waals surface area (Å²) in [6, 6.07) is 11.7. The maximum atomic E-state index is 12.5. The van der Waals surface area contributed by atoms with Crippen molar-refractivity contribution >= 4 is 21.6 Å². The van der Waals surface area contributed by atoms with Gasteiger partial charge in [0.15, 0.2) is 0 Å². The lowest BCUT2D eigenvalue weighted by Gasteiger charge is -2.12. The number of carbonyl (C=O) groups excluding carboxylic acids is 1. The summed E-state index contributed by atoms with van der Waals surface area (Å²) >= 11 is 0. The summed E-state index contributed by atoms with van der Waals surface area (Å²) in [5.41, 5.74) is 3.30. The number of anilines is 1. The molecule has 126 valence electrons.